The molecule has 1 aromatic carbocycles. The average Bonchev–Trinajstić information content (AvgIpc) is 3.52. The number of fused-ring (bicyclic) bond motifs is 2. The molecular formula is C22H25N3O3. The molecule has 1 aromatic heterocycles. The van der Waals surface area contributed by atoms with Crippen LogP contribution in [-0.2, 0) is 16.6 Å². The maximum absolute atomic E-state index is 12.8. The van der Waals surface area contributed by atoms with E-state index in [2.05, 4.69) is 4.98 Å². The van der Waals surface area contributed by atoms with E-state index >= 15 is 0 Å². The molecule has 1 unspecified atom stereocenters. The van der Waals surface area contributed by atoms with Crippen LogP contribution in [0.1, 0.15) is 66.8 Å². The monoisotopic (exact) mass is 379 g/mol. The van der Waals surface area contributed by atoms with Gasteiger partial charge in [0, 0.05) is 30.0 Å². The number of aromatic nitrogens is 2. The van der Waals surface area contributed by atoms with Crippen molar-refractivity contribution < 1.29 is 9.90 Å². The molecule has 0 bridgehead atoms. The lowest BCUT2D eigenvalue weighted by molar-refractivity contribution is -0.142. The first-order valence-corrected chi connectivity index (χ1v) is 10.2. The van der Waals surface area contributed by atoms with E-state index in [0.29, 0.717) is 24.6 Å². The first-order chi connectivity index (χ1) is 13.6. The molecule has 1 saturated heterocycles. The third kappa shape index (κ3) is 2.87. The summed E-state index contributed by atoms with van der Waals surface area (Å²) in [6.45, 7) is 1.19. The number of aliphatic hydroxyl groups is 1. The molecule has 1 saturated carbocycles. The molecule has 2 aromatic rings. The van der Waals surface area contributed by atoms with E-state index in [1.165, 1.54) is 0 Å². The highest BCUT2D eigenvalue weighted by molar-refractivity contribution is 5.82. The smallest absolute Gasteiger partial charge is 0.256 e. The lowest BCUT2D eigenvalue weighted by Gasteiger charge is -2.40. The second kappa shape index (κ2) is 6.55. The maximum atomic E-state index is 12.8. The van der Waals surface area contributed by atoms with Crippen molar-refractivity contribution in [1.29, 1.82) is 0 Å². The molecule has 2 fully saturated rings. The number of amides is 1. The summed E-state index contributed by atoms with van der Waals surface area (Å²) < 4.78 is 0. The Morgan fingerprint density at radius 1 is 1.18 bits per heavy atom. The van der Waals surface area contributed by atoms with E-state index in [9.17, 15) is 14.7 Å². The third-order valence-corrected chi connectivity index (χ3v) is 6.74. The second-order valence-electron chi connectivity index (χ2n) is 8.47. The fourth-order valence-corrected chi connectivity index (χ4v) is 4.81. The largest absolute Gasteiger partial charge is 0.378 e. The molecule has 3 aliphatic rings. The van der Waals surface area contributed by atoms with Gasteiger partial charge in [-0.05, 0) is 44.1 Å². The van der Waals surface area contributed by atoms with E-state index in [-0.39, 0.29) is 16.9 Å². The number of nitrogens with one attached hydrogen (secondary N) is 1. The second-order valence-corrected chi connectivity index (χ2v) is 8.47. The van der Waals surface area contributed by atoms with E-state index in [1.807, 2.05) is 18.2 Å². The van der Waals surface area contributed by atoms with Gasteiger partial charge in [-0.2, -0.15) is 0 Å². The Bertz CT molecular complexity index is 957. The van der Waals surface area contributed by atoms with Crippen LogP contribution in [0.4, 0.5) is 0 Å². The zero-order valence-electron chi connectivity index (χ0n) is 15.9. The molecule has 6 nitrogen and oxygen atoms in total. The lowest BCUT2D eigenvalue weighted by atomic mass is 9.76. The van der Waals surface area contributed by atoms with Crippen molar-refractivity contribution in [3.8, 4) is 0 Å². The quantitative estimate of drug-likeness (QED) is 0.856. The molecule has 2 heterocycles. The van der Waals surface area contributed by atoms with E-state index in [1.54, 1.807) is 17.0 Å². The number of nitrogens with zero attached hydrogens (tertiary/aromatic N) is 2. The van der Waals surface area contributed by atoms with Crippen molar-refractivity contribution in [2.45, 2.75) is 56.0 Å². The van der Waals surface area contributed by atoms with Gasteiger partial charge in [-0.25, -0.2) is 4.98 Å². The van der Waals surface area contributed by atoms with Gasteiger partial charge in [-0.1, -0.05) is 30.3 Å². The predicted molar refractivity (Wildman–Crippen MR) is 104 cm³/mol. The summed E-state index contributed by atoms with van der Waals surface area (Å²) in [5, 5.41) is 10.4. The number of H-pyrrole nitrogens is 1. The first kappa shape index (κ1) is 17.6. The maximum Gasteiger partial charge on any atom is 0.256 e. The molecule has 28 heavy (non-hydrogen) atoms. The van der Waals surface area contributed by atoms with Crippen molar-refractivity contribution in [2.24, 2.45) is 0 Å². The number of carbonyl (C=O) groups is 1. The van der Waals surface area contributed by atoms with Gasteiger partial charge in [0.1, 0.15) is 5.82 Å². The number of rotatable bonds is 3. The number of piperidine rings is 1. The minimum absolute atomic E-state index is 0.0294. The molecule has 1 atom stereocenters. The highest BCUT2D eigenvalue weighted by atomic mass is 16.3. The van der Waals surface area contributed by atoms with Crippen LogP contribution in [0.15, 0.2) is 35.1 Å². The summed E-state index contributed by atoms with van der Waals surface area (Å²) in [6, 6.07) is 9.07. The van der Waals surface area contributed by atoms with Crippen molar-refractivity contribution in [3.05, 3.63) is 63.3 Å². The van der Waals surface area contributed by atoms with Gasteiger partial charge in [0.2, 0.25) is 0 Å². The van der Waals surface area contributed by atoms with E-state index in [4.69, 9.17) is 4.98 Å². The molecule has 2 aliphatic carbocycles. The van der Waals surface area contributed by atoms with Crippen LogP contribution < -0.4 is 5.56 Å². The van der Waals surface area contributed by atoms with Crippen LogP contribution in [0, 0.1) is 0 Å². The van der Waals surface area contributed by atoms with Gasteiger partial charge in [-0.15, -0.1) is 0 Å². The van der Waals surface area contributed by atoms with Crippen molar-refractivity contribution >= 4 is 5.91 Å². The van der Waals surface area contributed by atoms with Crippen LogP contribution in [0.25, 0.3) is 0 Å². The van der Waals surface area contributed by atoms with E-state index < -0.39 is 6.10 Å². The minimum Gasteiger partial charge on any atom is -0.378 e. The number of aliphatic hydroxyl groups excluding tert-OH is 1. The fourth-order valence-electron chi connectivity index (χ4n) is 4.81. The van der Waals surface area contributed by atoms with Gasteiger partial charge >= 0.3 is 0 Å². The van der Waals surface area contributed by atoms with E-state index in [0.717, 1.165) is 55.6 Å². The number of hydrogen-bond donors (Lipinski definition) is 2. The summed E-state index contributed by atoms with van der Waals surface area (Å²) in [6.07, 6.45) is 4.39. The van der Waals surface area contributed by atoms with Gasteiger partial charge in [0.05, 0.1) is 5.69 Å². The molecular weight excluding hydrogens is 354 g/mol. The third-order valence-electron chi connectivity index (χ3n) is 6.74. The van der Waals surface area contributed by atoms with Crippen LogP contribution >= 0.6 is 0 Å². The van der Waals surface area contributed by atoms with Crippen LogP contribution in [-0.4, -0.2) is 39.0 Å². The lowest BCUT2D eigenvalue weighted by Crippen LogP contribution is -2.46. The number of benzene rings is 1. The van der Waals surface area contributed by atoms with Crippen molar-refractivity contribution in [3.63, 3.8) is 0 Å². The molecule has 5 rings (SSSR count). The topological polar surface area (TPSA) is 86.3 Å². The molecule has 1 spiro atoms. The first-order valence-electron chi connectivity index (χ1n) is 10.2. The summed E-state index contributed by atoms with van der Waals surface area (Å²) in [5.41, 5.74) is 2.38. The Kier molecular flexibility index (Phi) is 4.12. The highest BCUT2D eigenvalue weighted by Crippen LogP contribution is 2.46. The Hall–Kier alpha value is -2.47. The zero-order valence-corrected chi connectivity index (χ0v) is 15.9. The van der Waals surface area contributed by atoms with Crippen LogP contribution in [0.5, 0.6) is 0 Å². The minimum atomic E-state index is -1.12. The Morgan fingerprint density at radius 3 is 2.57 bits per heavy atom. The molecule has 2 N–H and O–H groups in total. The summed E-state index contributed by atoms with van der Waals surface area (Å²) in [7, 11) is 0. The summed E-state index contributed by atoms with van der Waals surface area (Å²) >= 11 is 0. The Labute approximate surface area is 163 Å². The van der Waals surface area contributed by atoms with Crippen molar-refractivity contribution in [2.75, 3.05) is 13.1 Å². The fraction of sp³-hybridized carbons (Fsp3) is 0.500. The van der Waals surface area contributed by atoms with Gasteiger partial charge in [0.15, 0.2) is 6.10 Å². The Balaban J connectivity index is 1.34. The van der Waals surface area contributed by atoms with Crippen LogP contribution in [0.2, 0.25) is 0 Å². The van der Waals surface area contributed by atoms with Crippen LogP contribution in [0.3, 0.4) is 0 Å². The molecule has 1 aliphatic heterocycles. The normalized spacial score (nSPS) is 21.5. The number of hydrogen-bond acceptors (Lipinski definition) is 4. The van der Waals surface area contributed by atoms with Gasteiger partial charge < -0.3 is 15.0 Å². The molecule has 1 amide bonds. The number of aromatic amines is 1. The SMILES string of the molecule is O=C(C(O)c1ccccc1)N1CCC2(CCc3c2nc(C2CC2)[nH]c3=O)CC1. The molecule has 6 heteroatoms. The summed E-state index contributed by atoms with van der Waals surface area (Å²) in [5.74, 6) is 1.03. The highest BCUT2D eigenvalue weighted by Gasteiger charge is 2.45. The number of likely N-dealkylation sites (tertiary alicyclic amines) is 1. The summed E-state index contributed by atoms with van der Waals surface area (Å²) in [4.78, 5) is 34.9. The van der Waals surface area contributed by atoms with Gasteiger partial charge in [-0.3, -0.25) is 9.59 Å². The van der Waals surface area contributed by atoms with Gasteiger partial charge in [0.25, 0.3) is 11.5 Å². The molecule has 146 valence electrons. The average molecular weight is 379 g/mol. The zero-order chi connectivity index (χ0) is 19.3. The Morgan fingerprint density at radius 2 is 1.89 bits per heavy atom. The predicted octanol–water partition coefficient (Wildman–Crippen LogP) is 2.19. The van der Waals surface area contributed by atoms with Crippen molar-refractivity contribution in [1.82, 2.24) is 14.9 Å². The number of carbonyl (C=O) groups excluding carboxylic acids is 1. The standard InChI is InChI=1S/C22H25N3O3/c26-17(14-4-2-1-3-5-14)21(28)25-12-10-22(11-13-25)9-8-16-18(22)23-19(15-6-7-15)24-20(16)27/h1-5,15,17,26H,6-13H2,(H,23,24,27). The molecule has 0 radical (unpaired) electrons.